The van der Waals surface area contributed by atoms with Gasteiger partial charge in [0.1, 0.15) is 6.10 Å². The zero-order chi connectivity index (χ0) is 22.9. The summed E-state index contributed by atoms with van der Waals surface area (Å²) in [7, 11) is -3.84. The largest absolute Gasteiger partial charge is 0.368 e. The van der Waals surface area contributed by atoms with Gasteiger partial charge in [0.25, 0.3) is 15.9 Å². The fourth-order valence-corrected chi connectivity index (χ4v) is 4.89. The molecule has 4 rings (SSSR count). The Kier molecular flexibility index (Phi) is 6.21. The summed E-state index contributed by atoms with van der Waals surface area (Å²) in [6.07, 6.45) is 1.89. The summed E-state index contributed by atoms with van der Waals surface area (Å²) in [6, 6.07) is 11.2. The molecule has 2 heterocycles. The predicted octanol–water partition coefficient (Wildman–Crippen LogP) is 3.15. The minimum atomic E-state index is -3.84. The van der Waals surface area contributed by atoms with Crippen molar-refractivity contribution in [2.45, 2.75) is 44.1 Å². The van der Waals surface area contributed by atoms with Crippen LogP contribution in [0.2, 0.25) is 0 Å². The van der Waals surface area contributed by atoms with E-state index in [1.54, 1.807) is 43.0 Å². The zero-order valence-corrected chi connectivity index (χ0v) is 18.9. The quantitative estimate of drug-likeness (QED) is 0.693. The third-order valence-corrected chi connectivity index (χ3v) is 7.06. The molecule has 1 unspecified atom stereocenters. The van der Waals surface area contributed by atoms with Crippen molar-refractivity contribution >= 4 is 38.9 Å². The number of hydrogen-bond donors (Lipinski definition) is 2. The highest BCUT2D eigenvalue weighted by Gasteiger charge is 2.33. The van der Waals surface area contributed by atoms with Crippen LogP contribution >= 0.6 is 0 Å². The third-order valence-electron chi connectivity index (χ3n) is 5.66. The number of nitrogens with one attached hydrogen (secondary N) is 2. The predicted molar refractivity (Wildman–Crippen MR) is 122 cm³/mol. The maximum atomic E-state index is 12.9. The second kappa shape index (κ2) is 8.91. The van der Waals surface area contributed by atoms with E-state index in [4.69, 9.17) is 4.74 Å². The Morgan fingerprint density at radius 2 is 1.81 bits per heavy atom. The summed E-state index contributed by atoms with van der Waals surface area (Å²) in [5.41, 5.74) is 2.64. The van der Waals surface area contributed by atoms with E-state index in [1.807, 2.05) is 6.07 Å². The Morgan fingerprint density at radius 3 is 2.47 bits per heavy atom. The van der Waals surface area contributed by atoms with Gasteiger partial charge in [0.15, 0.2) is 0 Å². The molecule has 2 aliphatic rings. The van der Waals surface area contributed by atoms with Crippen molar-refractivity contribution in [2.75, 3.05) is 28.1 Å². The van der Waals surface area contributed by atoms with Crippen molar-refractivity contribution in [1.29, 1.82) is 0 Å². The number of anilines is 3. The average Bonchev–Trinajstić information content (AvgIpc) is 3.43. The van der Waals surface area contributed by atoms with Crippen molar-refractivity contribution in [3.8, 4) is 0 Å². The highest BCUT2D eigenvalue weighted by molar-refractivity contribution is 7.92. The molecule has 32 heavy (non-hydrogen) atoms. The number of nitrogens with zero attached hydrogens (tertiary/aromatic N) is 1. The van der Waals surface area contributed by atoms with Crippen molar-refractivity contribution in [3.05, 3.63) is 48.0 Å². The molecule has 0 saturated carbocycles. The fraction of sp³-hybridized carbons (Fsp3) is 0.391. The first-order chi connectivity index (χ1) is 15.2. The number of fused-ring (bicyclic) bond motifs is 1. The molecular weight excluding hydrogens is 430 g/mol. The number of carbonyl (C=O) groups excluding carboxylic acids is 2. The van der Waals surface area contributed by atoms with Gasteiger partial charge in [-0.1, -0.05) is 19.9 Å². The molecule has 2 aromatic carbocycles. The van der Waals surface area contributed by atoms with Gasteiger partial charge in [0, 0.05) is 30.4 Å². The van der Waals surface area contributed by atoms with Crippen LogP contribution in [0, 0.1) is 5.92 Å². The first kappa shape index (κ1) is 22.3. The van der Waals surface area contributed by atoms with E-state index >= 15 is 0 Å². The summed E-state index contributed by atoms with van der Waals surface area (Å²) in [4.78, 5) is 26.4. The summed E-state index contributed by atoms with van der Waals surface area (Å²) in [5.74, 6) is -0.383. The Morgan fingerprint density at radius 1 is 1.09 bits per heavy atom. The van der Waals surface area contributed by atoms with Crippen molar-refractivity contribution in [1.82, 2.24) is 0 Å². The van der Waals surface area contributed by atoms with Crippen LogP contribution in [0.3, 0.4) is 0 Å². The molecule has 9 heteroatoms. The lowest BCUT2D eigenvalue weighted by Gasteiger charge is -2.21. The van der Waals surface area contributed by atoms with Gasteiger partial charge in [-0.2, -0.15) is 0 Å². The minimum Gasteiger partial charge on any atom is -0.368 e. The summed E-state index contributed by atoms with van der Waals surface area (Å²) >= 11 is 0. The number of sulfonamides is 1. The van der Waals surface area contributed by atoms with Gasteiger partial charge in [-0.15, -0.1) is 0 Å². The number of carbonyl (C=O) groups is 2. The molecule has 1 saturated heterocycles. The monoisotopic (exact) mass is 457 g/mol. The van der Waals surface area contributed by atoms with Crippen LogP contribution in [0.1, 0.15) is 32.3 Å². The third kappa shape index (κ3) is 4.63. The summed E-state index contributed by atoms with van der Waals surface area (Å²) in [6.45, 7) is 4.72. The Bertz CT molecular complexity index is 1120. The van der Waals surface area contributed by atoms with Gasteiger partial charge in [-0.25, -0.2) is 8.42 Å². The standard InChI is InChI=1S/C23H27N3O5S/c1-15(2)22(27)24-17-7-9-19(10-8-17)32(29,30)25-18-6-5-16-11-12-26(20(16)14-18)23(28)21-4-3-13-31-21/h5-10,14-15,21,25H,3-4,11-13H2,1-2H3,(H,24,27). The maximum Gasteiger partial charge on any atom is 0.261 e. The number of rotatable bonds is 6. The Balaban J connectivity index is 1.50. The fourth-order valence-electron chi connectivity index (χ4n) is 3.84. The Hall–Kier alpha value is -2.91. The molecule has 0 spiro atoms. The van der Waals surface area contributed by atoms with Gasteiger partial charge < -0.3 is 15.0 Å². The average molecular weight is 458 g/mol. The first-order valence-corrected chi connectivity index (χ1v) is 12.2. The van der Waals surface area contributed by atoms with Gasteiger partial charge in [-0.05, 0) is 61.2 Å². The van der Waals surface area contributed by atoms with Crippen LogP contribution < -0.4 is 14.9 Å². The molecule has 2 amide bonds. The smallest absolute Gasteiger partial charge is 0.261 e. The lowest BCUT2D eigenvalue weighted by molar-refractivity contribution is -0.127. The number of hydrogen-bond acceptors (Lipinski definition) is 5. The molecule has 2 aromatic rings. The van der Waals surface area contributed by atoms with Gasteiger partial charge >= 0.3 is 0 Å². The highest BCUT2D eigenvalue weighted by atomic mass is 32.2. The highest BCUT2D eigenvalue weighted by Crippen LogP contribution is 2.33. The summed E-state index contributed by atoms with van der Waals surface area (Å²) < 4.78 is 33.9. The normalized spacial score (nSPS) is 18.0. The van der Waals surface area contributed by atoms with Crippen LogP contribution in [0.5, 0.6) is 0 Å². The molecule has 0 aliphatic carbocycles. The zero-order valence-electron chi connectivity index (χ0n) is 18.1. The van der Waals surface area contributed by atoms with Gasteiger partial charge in [0.2, 0.25) is 5.91 Å². The van der Waals surface area contributed by atoms with Crippen LogP contribution in [0.4, 0.5) is 17.1 Å². The second-order valence-corrected chi connectivity index (χ2v) is 10.0. The van der Waals surface area contributed by atoms with E-state index in [-0.39, 0.29) is 22.6 Å². The Labute approximate surface area is 188 Å². The molecule has 170 valence electrons. The number of benzene rings is 2. The lowest BCUT2D eigenvalue weighted by Crippen LogP contribution is -2.37. The SMILES string of the molecule is CC(C)C(=O)Nc1ccc(S(=O)(=O)Nc2ccc3c(c2)N(C(=O)C2CCCO2)CC3)cc1. The molecule has 2 aliphatic heterocycles. The second-order valence-electron chi connectivity index (χ2n) is 8.36. The molecule has 0 bridgehead atoms. The van der Waals surface area contributed by atoms with Gasteiger partial charge in [-0.3, -0.25) is 14.3 Å². The molecular formula is C23H27N3O5S. The lowest BCUT2D eigenvalue weighted by atomic mass is 10.1. The van der Waals surface area contributed by atoms with E-state index in [0.29, 0.717) is 30.9 Å². The van der Waals surface area contributed by atoms with Crippen LogP contribution in [0.25, 0.3) is 0 Å². The van der Waals surface area contributed by atoms with Crippen molar-refractivity contribution in [2.24, 2.45) is 5.92 Å². The van der Waals surface area contributed by atoms with Crippen LogP contribution in [-0.2, 0) is 30.8 Å². The molecule has 0 radical (unpaired) electrons. The minimum absolute atomic E-state index is 0.0692. The number of ether oxygens (including phenoxy) is 1. The summed E-state index contributed by atoms with van der Waals surface area (Å²) in [5, 5.41) is 2.73. The topological polar surface area (TPSA) is 105 Å². The molecule has 8 nitrogen and oxygen atoms in total. The van der Waals surface area contributed by atoms with Gasteiger partial charge in [0.05, 0.1) is 10.6 Å². The van der Waals surface area contributed by atoms with E-state index < -0.39 is 16.1 Å². The van der Waals surface area contributed by atoms with Crippen molar-refractivity contribution < 1.29 is 22.7 Å². The molecule has 2 N–H and O–H groups in total. The van der Waals surface area contributed by atoms with E-state index in [9.17, 15) is 18.0 Å². The van der Waals surface area contributed by atoms with Crippen molar-refractivity contribution in [3.63, 3.8) is 0 Å². The molecule has 1 atom stereocenters. The van der Waals surface area contributed by atoms with E-state index in [0.717, 1.165) is 24.1 Å². The van der Waals surface area contributed by atoms with E-state index in [1.165, 1.54) is 12.1 Å². The first-order valence-electron chi connectivity index (χ1n) is 10.7. The number of amides is 2. The van der Waals surface area contributed by atoms with Crippen LogP contribution in [0.15, 0.2) is 47.4 Å². The molecule has 1 fully saturated rings. The molecule has 0 aromatic heterocycles. The maximum absolute atomic E-state index is 12.9. The van der Waals surface area contributed by atoms with Crippen LogP contribution in [-0.4, -0.2) is 39.5 Å². The van der Waals surface area contributed by atoms with E-state index in [2.05, 4.69) is 10.0 Å².